The maximum atomic E-state index is 14.3. The average molecular weight is 602 g/mol. The highest BCUT2D eigenvalue weighted by Gasteiger charge is 2.47. The Morgan fingerprint density at radius 1 is 1.22 bits per heavy atom. The molecule has 41 heavy (non-hydrogen) atoms. The van der Waals surface area contributed by atoms with Gasteiger partial charge in [-0.15, -0.1) is 0 Å². The van der Waals surface area contributed by atoms with Gasteiger partial charge in [-0.1, -0.05) is 19.1 Å². The number of imidazole rings is 1. The number of nitrogens with zero attached hydrogens (tertiary/aromatic N) is 4. The molecule has 3 atom stereocenters. The minimum Gasteiger partial charge on any atom is -0.497 e. The highest BCUT2D eigenvalue weighted by Crippen LogP contribution is 2.47. The van der Waals surface area contributed by atoms with Crippen molar-refractivity contribution in [3.63, 3.8) is 0 Å². The number of nitrogens with two attached hydrogens (primary N) is 1. The molecule has 2 aromatic heterocycles. The molecule has 3 rings (SSSR count). The van der Waals surface area contributed by atoms with Crippen LogP contribution in [0, 0.1) is 0 Å². The summed E-state index contributed by atoms with van der Waals surface area (Å²) >= 11 is 0. The Morgan fingerprint density at radius 2 is 1.95 bits per heavy atom. The van der Waals surface area contributed by atoms with Gasteiger partial charge in [-0.2, -0.15) is 13.2 Å². The summed E-state index contributed by atoms with van der Waals surface area (Å²) in [4.78, 5) is 24.9. The van der Waals surface area contributed by atoms with Crippen LogP contribution in [-0.4, -0.2) is 63.4 Å². The molecule has 0 aliphatic heterocycles. The number of carbonyl (C=O) groups is 1. The van der Waals surface area contributed by atoms with Crippen molar-refractivity contribution in [2.75, 3.05) is 25.8 Å². The number of ether oxygens (including phenoxy) is 3. The molecule has 2 heterocycles. The number of methoxy groups -OCH3 is 1. The van der Waals surface area contributed by atoms with Crippen molar-refractivity contribution in [2.24, 2.45) is 0 Å². The van der Waals surface area contributed by atoms with E-state index in [1.165, 1.54) is 57.9 Å². The molecular formula is C25H35F3N7O5P. The monoisotopic (exact) mass is 601 g/mol. The zero-order valence-electron chi connectivity index (χ0n) is 23.4. The Morgan fingerprint density at radius 3 is 2.61 bits per heavy atom. The smallest absolute Gasteiger partial charge is 0.408 e. The SMILES string of the molecule is CCCOC(=O)C(C)(C)N[P@@](=O)(CO[C@H](C)Cn1cnc2c(N)ncnc21)N[C@H](c1cccc(OC)c1)C(F)(F)F. The van der Waals surface area contributed by atoms with E-state index in [0.29, 0.717) is 17.6 Å². The highest BCUT2D eigenvalue weighted by atomic mass is 31.2. The third kappa shape index (κ3) is 8.38. The molecule has 0 bridgehead atoms. The van der Waals surface area contributed by atoms with E-state index < -0.39 is 43.6 Å². The fourth-order valence-electron chi connectivity index (χ4n) is 3.93. The fraction of sp³-hybridized carbons (Fsp3) is 0.520. The van der Waals surface area contributed by atoms with E-state index in [2.05, 4.69) is 25.1 Å². The standard InChI is InChI=1S/C25H35F3N7O5P/c1-6-10-39-23(36)24(3,4)34-41(37,33-20(25(26,27)28)17-8-7-9-18(11-17)38-5)15-40-16(2)12-35-14-32-19-21(29)30-13-31-22(19)35/h7-9,11,13-14,16,20H,6,10,12,15H2,1-5H3,(H2,29,30,31)(H2,33,34,37)/t16-,20-,41-/m1/s1. The Kier molecular flexibility index (Phi) is 10.3. The molecule has 0 saturated carbocycles. The fourth-order valence-corrected chi connectivity index (χ4v) is 6.31. The third-order valence-corrected chi connectivity index (χ3v) is 8.03. The number of nitrogens with one attached hydrogen (secondary N) is 2. The molecule has 0 radical (unpaired) electrons. The Balaban J connectivity index is 1.89. The molecule has 4 N–H and O–H groups in total. The van der Waals surface area contributed by atoms with E-state index in [-0.39, 0.29) is 30.3 Å². The van der Waals surface area contributed by atoms with Crippen LogP contribution in [0.5, 0.6) is 5.75 Å². The lowest BCUT2D eigenvalue weighted by Gasteiger charge is -2.34. The average Bonchev–Trinajstić information content (AvgIpc) is 3.32. The third-order valence-electron chi connectivity index (χ3n) is 5.92. The number of carbonyl (C=O) groups excluding carboxylic acids is 1. The van der Waals surface area contributed by atoms with Gasteiger partial charge in [0.1, 0.15) is 35.5 Å². The summed E-state index contributed by atoms with van der Waals surface area (Å²) in [5, 5.41) is 4.82. The molecule has 0 saturated heterocycles. The summed E-state index contributed by atoms with van der Waals surface area (Å²) in [6.45, 7) is 6.44. The number of benzene rings is 1. The highest BCUT2D eigenvalue weighted by molar-refractivity contribution is 7.59. The topological polar surface area (TPSA) is 156 Å². The van der Waals surface area contributed by atoms with Crippen molar-refractivity contribution in [3.8, 4) is 5.75 Å². The van der Waals surface area contributed by atoms with E-state index >= 15 is 0 Å². The van der Waals surface area contributed by atoms with E-state index in [9.17, 15) is 22.5 Å². The van der Waals surface area contributed by atoms with Crippen LogP contribution in [0.1, 0.15) is 45.7 Å². The van der Waals surface area contributed by atoms with Gasteiger partial charge in [-0.05, 0) is 44.9 Å². The van der Waals surface area contributed by atoms with Gasteiger partial charge in [0.25, 0.3) is 0 Å². The van der Waals surface area contributed by atoms with Crippen molar-refractivity contribution in [3.05, 3.63) is 42.5 Å². The minimum atomic E-state index is -4.86. The van der Waals surface area contributed by atoms with Crippen LogP contribution in [0.2, 0.25) is 0 Å². The molecule has 0 spiro atoms. The molecule has 226 valence electrons. The second-order valence-corrected chi connectivity index (χ2v) is 12.1. The first-order valence-electron chi connectivity index (χ1n) is 12.8. The van der Waals surface area contributed by atoms with Crippen molar-refractivity contribution in [1.82, 2.24) is 29.7 Å². The van der Waals surface area contributed by atoms with E-state index in [1.807, 2.05) is 0 Å². The number of rotatable bonds is 14. The molecule has 12 nitrogen and oxygen atoms in total. The van der Waals surface area contributed by atoms with Crippen LogP contribution in [0.15, 0.2) is 36.9 Å². The molecule has 16 heteroatoms. The predicted molar refractivity (Wildman–Crippen MR) is 146 cm³/mol. The lowest BCUT2D eigenvalue weighted by molar-refractivity contribution is -0.153. The Bertz CT molecular complexity index is 1390. The lowest BCUT2D eigenvalue weighted by atomic mass is 10.1. The Labute approximate surface area is 235 Å². The number of aromatic nitrogens is 4. The van der Waals surface area contributed by atoms with Gasteiger partial charge in [-0.3, -0.25) is 9.36 Å². The van der Waals surface area contributed by atoms with Crippen molar-refractivity contribution >= 4 is 30.4 Å². The number of alkyl halides is 3. The van der Waals surface area contributed by atoms with Crippen molar-refractivity contribution < 1.29 is 36.7 Å². The summed E-state index contributed by atoms with van der Waals surface area (Å²) < 4.78 is 74.9. The summed E-state index contributed by atoms with van der Waals surface area (Å²) in [5.74, 6) is -0.402. The minimum absolute atomic E-state index is 0.0944. The number of halogens is 3. The van der Waals surface area contributed by atoms with Crippen LogP contribution in [0.3, 0.4) is 0 Å². The van der Waals surface area contributed by atoms with Crippen molar-refractivity contribution in [1.29, 1.82) is 0 Å². The number of hydrogen-bond acceptors (Lipinski definition) is 9. The zero-order valence-corrected chi connectivity index (χ0v) is 24.3. The van der Waals surface area contributed by atoms with Crippen LogP contribution in [-0.2, 0) is 25.4 Å². The normalized spacial score (nSPS) is 15.3. The first-order valence-corrected chi connectivity index (χ1v) is 14.7. The molecule has 0 unspecified atom stereocenters. The van der Waals surface area contributed by atoms with Crippen molar-refractivity contribution in [2.45, 2.75) is 64.5 Å². The number of anilines is 1. The summed E-state index contributed by atoms with van der Waals surface area (Å²) in [6.07, 6.45) is -2.95. The maximum Gasteiger partial charge on any atom is 0.408 e. The van der Waals surface area contributed by atoms with E-state index in [0.717, 1.165) is 0 Å². The van der Waals surface area contributed by atoms with Gasteiger partial charge in [0.15, 0.2) is 11.5 Å². The number of nitrogen functional groups attached to an aromatic ring is 1. The summed E-state index contributed by atoms with van der Waals surface area (Å²) in [5.41, 5.74) is 4.79. The zero-order chi connectivity index (χ0) is 30.4. The number of hydrogen-bond donors (Lipinski definition) is 3. The molecule has 3 aromatic rings. The molecule has 1 aromatic carbocycles. The van der Waals surface area contributed by atoms with Crippen LogP contribution in [0.4, 0.5) is 19.0 Å². The number of fused-ring (bicyclic) bond motifs is 1. The molecule has 0 fully saturated rings. The quantitative estimate of drug-likeness (QED) is 0.180. The Hall–Kier alpha value is -3.26. The van der Waals surface area contributed by atoms with Gasteiger partial charge < -0.3 is 24.5 Å². The summed E-state index contributed by atoms with van der Waals surface area (Å²) in [6, 6.07) is 2.93. The first kappa shape index (κ1) is 32.3. The van der Waals surface area contributed by atoms with Gasteiger partial charge in [-0.25, -0.2) is 25.1 Å². The largest absolute Gasteiger partial charge is 0.497 e. The second-order valence-electron chi connectivity index (χ2n) is 9.93. The first-order chi connectivity index (χ1) is 19.2. The van der Waals surface area contributed by atoms with Gasteiger partial charge in [0.2, 0.25) is 7.44 Å². The molecule has 0 aliphatic carbocycles. The van der Waals surface area contributed by atoms with Gasteiger partial charge in [0.05, 0.1) is 32.7 Å². The summed E-state index contributed by atoms with van der Waals surface area (Å²) in [7, 11) is -3.00. The van der Waals surface area contributed by atoms with E-state index in [4.69, 9.17) is 19.9 Å². The van der Waals surface area contributed by atoms with Crippen LogP contribution < -0.4 is 20.6 Å². The van der Waals surface area contributed by atoms with Crippen LogP contribution >= 0.6 is 7.44 Å². The predicted octanol–water partition coefficient (Wildman–Crippen LogP) is 4.19. The number of esters is 1. The van der Waals surface area contributed by atoms with Gasteiger partial charge in [0, 0.05) is 0 Å². The second kappa shape index (κ2) is 13.1. The van der Waals surface area contributed by atoms with Crippen LogP contribution in [0.25, 0.3) is 11.2 Å². The lowest BCUT2D eigenvalue weighted by Crippen LogP contribution is -2.50. The maximum absolute atomic E-state index is 14.3. The molecular weight excluding hydrogens is 566 g/mol. The molecule has 0 aliphatic rings. The van der Waals surface area contributed by atoms with Gasteiger partial charge >= 0.3 is 12.1 Å². The van der Waals surface area contributed by atoms with E-state index in [1.54, 1.807) is 18.4 Å². The molecule has 0 amide bonds.